The van der Waals surface area contributed by atoms with Crippen LogP contribution in [-0.2, 0) is 0 Å². The lowest BCUT2D eigenvalue weighted by molar-refractivity contribution is 0.415. The minimum atomic E-state index is 0.754. The number of methoxy groups -OCH3 is 1. The molecule has 0 atom stereocenters. The van der Waals surface area contributed by atoms with E-state index in [-0.39, 0.29) is 0 Å². The van der Waals surface area contributed by atoms with Gasteiger partial charge in [0.2, 0.25) is 0 Å². The molecular formula is C16H19ClN2O. The molecule has 0 heterocycles. The summed E-state index contributed by atoms with van der Waals surface area (Å²) in [5.41, 5.74) is 2.13. The second kappa shape index (κ2) is 7.65. The minimum Gasteiger partial charge on any atom is -0.497 e. The van der Waals surface area contributed by atoms with E-state index in [9.17, 15) is 0 Å². The lowest BCUT2D eigenvalue weighted by Gasteiger charge is -2.09. The number of ether oxygens (including phenoxy) is 1. The Morgan fingerprint density at radius 1 is 0.950 bits per heavy atom. The van der Waals surface area contributed by atoms with Crippen molar-refractivity contribution in [3.8, 4) is 5.75 Å². The number of benzene rings is 2. The highest BCUT2D eigenvalue weighted by atomic mass is 35.5. The fourth-order valence-corrected chi connectivity index (χ4v) is 2.08. The van der Waals surface area contributed by atoms with E-state index in [0.717, 1.165) is 41.7 Å². The zero-order valence-corrected chi connectivity index (χ0v) is 12.3. The summed E-state index contributed by atoms with van der Waals surface area (Å²) in [7, 11) is 1.67. The van der Waals surface area contributed by atoms with Crippen LogP contribution in [0.1, 0.15) is 6.42 Å². The molecule has 4 heteroatoms. The Hall–Kier alpha value is -1.87. The highest BCUT2D eigenvalue weighted by molar-refractivity contribution is 6.30. The molecule has 2 aromatic carbocycles. The molecule has 2 N–H and O–H groups in total. The van der Waals surface area contributed by atoms with Gasteiger partial charge in [-0.25, -0.2) is 0 Å². The molecule has 0 fully saturated rings. The molecule has 2 aromatic rings. The molecule has 0 spiro atoms. The maximum absolute atomic E-state index is 5.93. The topological polar surface area (TPSA) is 33.3 Å². The van der Waals surface area contributed by atoms with Gasteiger partial charge in [-0.3, -0.25) is 0 Å². The van der Waals surface area contributed by atoms with Crippen molar-refractivity contribution < 1.29 is 4.74 Å². The van der Waals surface area contributed by atoms with Gasteiger partial charge in [-0.1, -0.05) is 23.7 Å². The van der Waals surface area contributed by atoms with Crippen molar-refractivity contribution in [1.82, 2.24) is 0 Å². The van der Waals surface area contributed by atoms with Crippen molar-refractivity contribution in [3.63, 3.8) is 0 Å². The van der Waals surface area contributed by atoms with Crippen molar-refractivity contribution in [2.45, 2.75) is 6.42 Å². The van der Waals surface area contributed by atoms with Gasteiger partial charge in [0.05, 0.1) is 7.11 Å². The zero-order valence-electron chi connectivity index (χ0n) is 11.5. The number of anilines is 2. The van der Waals surface area contributed by atoms with Gasteiger partial charge in [0.15, 0.2) is 0 Å². The molecule has 0 saturated carbocycles. The molecule has 0 aromatic heterocycles. The van der Waals surface area contributed by atoms with Gasteiger partial charge in [-0.15, -0.1) is 0 Å². The largest absolute Gasteiger partial charge is 0.497 e. The first-order chi connectivity index (χ1) is 9.78. The van der Waals surface area contributed by atoms with Gasteiger partial charge in [0.1, 0.15) is 5.75 Å². The Bertz CT molecular complexity index is 546. The highest BCUT2D eigenvalue weighted by Crippen LogP contribution is 2.17. The van der Waals surface area contributed by atoms with Crippen LogP contribution < -0.4 is 15.4 Å². The van der Waals surface area contributed by atoms with Gasteiger partial charge in [-0.2, -0.15) is 0 Å². The zero-order chi connectivity index (χ0) is 14.2. The summed E-state index contributed by atoms with van der Waals surface area (Å²) in [4.78, 5) is 0. The predicted molar refractivity (Wildman–Crippen MR) is 86.0 cm³/mol. The van der Waals surface area contributed by atoms with E-state index in [1.807, 2.05) is 48.5 Å². The molecule has 3 nitrogen and oxygen atoms in total. The normalized spacial score (nSPS) is 10.1. The van der Waals surface area contributed by atoms with E-state index in [4.69, 9.17) is 16.3 Å². The SMILES string of the molecule is COc1cccc(NCCCNc2cccc(Cl)c2)c1. The summed E-state index contributed by atoms with van der Waals surface area (Å²) in [5, 5.41) is 7.47. The van der Waals surface area contributed by atoms with Crippen LogP contribution in [0.5, 0.6) is 5.75 Å². The Labute approximate surface area is 124 Å². The first kappa shape index (κ1) is 14.5. The Kier molecular flexibility index (Phi) is 5.56. The molecule has 0 saturated heterocycles. The summed E-state index contributed by atoms with van der Waals surface area (Å²) < 4.78 is 5.19. The first-order valence-corrected chi connectivity index (χ1v) is 7.03. The average Bonchev–Trinajstić information content (AvgIpc) is 2.47. The van der Waals surface area contributed by atoms with Crippen molar-refractivity contribution in [2.24, 2.45) is 0 Å². The van der Waals surface area contributed by atoms with Crippen LogP contribution >= 0.6 is 11.6 Å². The monoisotopic (exact) mass is 290 g/mol. The predicted octanol–water partition coefficient (Wildman–Crippen LogP) is 4.26. The first-order valence-electron chi connectivity index (χ1n) is 6.65. The van der Waals surface area contributed by atoms with E-state index < -0.39 is 0 Å². The average molecular weight is 291 g/mol. The maximum Gasteiger partial charge on any atom is 0.120 e. The van der Waals surface area contributed by atoms with Gasteiger partial charge >= 0.3 is 0 Å². The van der Waals surface area contributed by atoms with E-state index >= 15 is 0 Å². The Morgan fingerprint density at radius 3 is 2.25 bits per heavy atom. The molecule has 20 heavy (non-hydrogen) atoms. The summed E-state index contributed by atoms with van der Waals surface area (Å²) >= 11 is 5.93. The molecule has 2 rings (SSSR count). The van der Waals surface area contributed by atoms with E-state index in [1.54, 1.807) is 7.11 Å². The molecule has 0 aliphatic carbocycles. The lowest BCUT2D eigenvalue weighted by atomic mass is 10.3. The number of hydrogen-bond donors (Lipinski definition) is 2. The minimum absolute atomic E-state index is 0.754. The third-order valence-corrected chi connectivity index (χ3v) is 3.14. The van der Waals surface area contributed by atoms with E-state index in [2.05, 4.69) is 10.6 Å². The third-order valence-electron chi connectivity index (χ3n) is 2.91. The molecule has 106 valence electrons. The second-order valence-electron chi connectivity index (χ2n) is 4.45. The molecule has 0 aliphatic heterocycles. The smallest absolute Gasteiger partial charge is 0.120 e. The van der Waals surface area contributed by atoms with Crippen LogP contribution in [0.2, 0.25) is 5.02 Å². The number of nitrogens with one attached hydrogen (secondary N) is 2. The fourth-order valence-electron chi connectivity index (χ4n) is 1.89. The quantitative estimate of drug-likeness (QED) is 0.748. The van der Waals surface area contributed by atoms with Crippen LogP contribution in [0, 0.1) is 0 Å². The number of hydrogen-bond acceptors (Lipinski definition) is 3. The van der Waals surface area contributed by atoms with Crippen LogP contribution in [0.4, 0.5) is 11.4 Å². The Morgan fingerprint density at radius 2 is 1.60 bits per heavy atom. The van der Waals surface area contributed by atoms with Crippen LogP contribution in [0.3, 0.4) is 0 Å². The van der Waals surface area contributed by atoms with Crippen molar-refractivity contribution in [1.29, 1.82) is 0 Å². The van der Waals surface area contributed by atoms with E-state index in [1.165, 1.54) is 0 Å². The van der Waals surface area contributed by atoms with Crippen molar-refractivity contribution >= 4 is 23.0 Å². The van der Waals surface area contributed by atoms with Gasteiger partial charge in [-0.05, 0) is 36.8 Å². The van der Waals surface area contributed by atoms with E-state index in [0.29, 0.717) is 0 Å². The molecular weight excluding hydrogens is 272 g/mol. The fraction of sp³-hybridized carbons (Fsp3) is 0.250. The standard InChI is InChI=1S/C16H19ClN2O/c1-20-16-8-3-7-15(12-16)19-10-4-9-18-14-6-2-5-13(17)11-14/h2-3,5-8,11-12,18-19H,4,9-10H2,1H3. The molecule has 0 amide bonds. The summed E-state index contributed by atoms with van der Waals surface area (Å²) in [5.74, 6) is 0.868. The third kappa shape index (κ3) is 4.67. The molecule has 0 unspecified atom stereocenters. The molecule has 0 bridgehead atoms. The van der Waals surface area contributed by atoms with Crippen molar-refractivity contribution in [2.75, 3.05) is 30.8 Å². The highest BCUT2D eigenvalue weighted by Gasteiger charge is 1.96. The van der Waals surface area contributed by atoms with Gasteiger partial charge in [0.25, 0.3) is 0 Å². The lowest BCUT2D eigenvalue weighted by Crippen LogP contribution is -2.09. The second-order valence-corrected chi connectivity index (χ2v) is 4.89. The van der Waals surface area contributed by atoms with Gasteiger partial charge < -0.3 is 15.4 Å². The van der Waals surface area contributed by atoms with Crippen molar-refractivity contribution in [3.05, 3.63) is 53.6 Å². The summed E-state index contributed by atoms with van der Waals surface area (Å²) in [6, 6.07) is 15.7. The maximum atomic E-state index is 5.93. The number of rotatable bonds is 7. The molecule has 0 radical (unpaired) electrons. The Balaban J connectivity index is 1.68. The van der Waals surface area contributed by atoms with Crippen LogP contribution in [0.15, 0.2) is 48.5 Å². The molecule has 0 aliphatic rings. The van der Waals surface area contributed by atoms with Crippen LogP contribution in [0.25, 0.3) is 0 Å². The summed E-state index contributed by atoms with van der Waals surface area (Å²) in [6.45, 7) is 1.80. The van der Waals surface area contributed by atoms with Gasteiger partial charge in [0, 0.05) is 35.6 Å². The van der Waals surface area contributed by atoms with Crippen LogP contribution in [-0.4, -0.2) is 20.2 Å². The number of halogens is 1. The summed E-state index contributed by atoms with van der Waals surface area (Å²) in [6.07, 6.45) is 1.02.